The topological polar surface area (TPSA) is 142 Å². The summed E-state index contributed by atoms with van der Waals surface area (Å²) in [7, 11) is 0. The van der Waals surface area contributed by atoms with Crippen molar-refractivity contribution in [2.24, 2.45) is 11.8 Å². The number of carbonyl (C=O) groups is 3. The molecule has 2 saturated carbocycles. The summed E-state index contributed by atoms with van der Waals surface area (Å²) in [6.45, 7) is 6.03. The third-order valence-corrected chi connectivity index (χ3v) is 13.0. The Morgan fingerprint density at radius 1 is 0.855 bits per heavy atom. The summed E-state index contributed by atoms with van der Waals surface area (Å²) >= 11 is 0. The molecule has 4 aliphatic rings. The SMILES string of the molecule is O=C1COc2c(CCNCCN(C(=O)CCOCCc3cccc(CCN4CC5CC(OC(=O)Nc6ccccc6-c6ccccc6)C[C@@H]5C4)c3)C3CCCC3)ccc(O)c2N1. The van der Waals surface area contributed by atoms with Crippen LogP contribution in [-0.4, -0.2) is 104 Å². The molecule has 3 fully saturated rings. The third kappa shape index (κ3) is 11.3. The largest absolute Gasteiger partial charge is 0.506 e. The molecule has 2 heterocycles. The van der Waals surface area contributed by atoms with Crippen LogP contribution < -0.4 is 20.7 Å². The molecule has 4 N–H and O–H groups in total. The normalized spacial score (nSPS) is 19.7. The molecule has 12 heteroatoms. The number of aromatic hydroxyl groups is 1. The Kier molecular flexibility index (Phi) is 14.7. The van der Waals surface area contributed by atoms with Crippen LogP contribution in [0.3, 0.4) is 0 Å². The summed E-state index contributed by atoms with van der Waals surface area (Å²) in [5.74, 6) is 1.50. The van der Waals surface area contributed by atoms with Crippen LogP contribution in [0, 0.1) is 11.8 Å². The number of benzene rings is 4. The van der Waals surface area contributed by atoms with E-state index in [2.05, 4.69) is 50.0 Å². The van der Waals surface area contributed by atoms with Crippen molar-refractivity contribution in [2.45, 2.75) is 76.4 Å². The highest BCUT2D eigenvalue weighted by atomic mass is 16.6. The molecule has 0 spiro atoms. The lowest BCUT2D eigenvalue weighted by atomic mass is 10.0. The maximum Gasteiger partial charge on any atom is 0.411 e. The van der Waals surface area contributed by atoms with Gasteiger partial charge in [-0.25, -0.2) is 4.79 Å². The summed E-state index contributed by atoms with van der Waals surface area (Å²) in [5.41, 5.74) is 6.61. The number of likely N-dealkylation sites (tertiary alicyclic amines) is 1. The monoisotopic (exact) mass is 843 g/mol. The van der Waals surface area contributed by atoms with E-state index in [4.69, 9.17) is 14.2 Å². The molecule has 2 aliphatic carbocycles. The predicted octanol–water partition coefficient (Wildman–Crippen LogP) is 7.44. The van der Waals surface area contributed by atoms with Crippen LogP contribution >= 0.6 is 0 Å². The minimum absolute atomic E-state index is 0.00458. The molecule has 62 heavy (non-hydrogen) atoms. The maximum atomic E-state index is 13.4. The van der Waals surface area contributed by atoms with Gasteiger partial charge in [-0.15, -0.1) is 0 Å². The fourth-order valence-corrected chi connectivity index (χ4v) is 9.88. The van der Waals surface area contributed by atoms with Crippen molar-refractivity contribution >= 4 is 29.3 Å². The minimum Gasteiger partial charge on any atom is -0.506 e. The number of phenolic OH excluding ortho intramolecular Hbond substituents is 1. The van der Waals surface area contributed by atoms with Gasteiger partial charge in [-0.3, -0.25) is 14.9 Å². The van der Waals surface area contributed by atoms with Crippen molar-refractivity contribution in [3.63, 3.8) is 0 Å². The number of hydrogen-bond donors (Lipinski definition) is 4. The highest BCUT2D eigenvalue weighted by molar-refractivity contribution is 5.97. The summed E-state index contributed by atoms with van der Waals surface area (Å²) in [4.78, 5) is 42.8. The number of hydrogen-bond acceptors (Lipinski definition) is 9. The van der Waals surface area contributed by atoms with Gasteiger partial charge in [0.1, 0.15) is 17.5 Å². The number of phenols is 1. The Bertz CT molecular complexity index is 2130. The Balaban J connectivity index is 0.707. The zero-order valence-corrected chi connectivity index (χ0v) is 35.7. The molecule has 2 aliphatic heterocycles. The van der Waals surface area contributed by atoms with E-state index in [-0.39, 0.29) is 42.4 Å². The van der Waals surface area contributed by atoms with Gasteiger partial charge < -0.3 is 39.8 Å². The number of para-hydroxylation sites is 1. The van der Waals surface area contributed by atoms with Gasteiger partial charge in [0.25, 0.3) is 5.91 Å². The van der Waals surface area contributed by atoms with E-state index >= 15 is 0 Å². The number of amides is 3. The first kappa shape index (κ1) is 43.2. The molecule has 8 rings (SSSR count). The van der Waals surface area contributed by atoms with Gasteiger partial charge in [0.15, 0.2) is 12.4 Å². The molecule has 1 saturated heterocycles. The number of ether oxygens (including phenoxy) is 3. The van der Waals surface area contributed by atoms with E-state index in [1.54, 1.807) is 6.07 Å². The first-order chi connectivity index (χ1) is 30.4. The van der Waals surface area contributed by atoms with Crippen LogP contribution in [0.1, 0.15) is 61.6 Å². The van der Waals surface area contributed by atoms with Crippen LogP contribution in [0.2, 0.25) is 0 Å². The lowest BCUT2D eigenvalue weighted by Crippen LogP contribution is -2.43. The fraction of sp³-hybridized carbons (Fsp3) is 0.460. The average Bonchev–Trinajstić information content (AvgIpc) is 4.04. The molecule has 3 amide bonds. The van der Waals surface area contributed by atoms with Crippen molar-refractivity contribution in [3.05, 3.63) is 108 Å². The Morgan fingerprint density at radius 2 is 1.61 bits per heavy atom. The summed E-state index contributed by atoms with van der Waals surface area (Å²) in [5, 5.41) is 19.3. The van der Waals surface area contributed by atoms with Crippen molar-refractivity contribution in [3.8, 4) is 22.6 Å². The molecule has 0 aromatic heterocycles. The second-order valence-corrected chi connectivity index (χ2v) is 17.3. The van der Waals surface area contributed by atoms with E-state index in [1.807, 2.05) is 60.7 Å². The standard InChI is InChI=1S/C50H61N5O7/c56-45-18-17-38(49-48(45)53-46(57)34-61-49)19-23-51-24-26-55(41-13-4-5-14-41)47(58)22-28-60-27-21-36-10-8-9-35(29-36)20-25-54-32-39-30-42(31-40(39)33-54)62-50(59)52-44-16-7-6-15-43(44)37-11-2-1-3-12-37/h1-3,6-12,15-18,29,39-42,51,56H,4-5,13-14,19-28,30-34H2,(H,52,59)(H,53,57)/t39-,40?,42?/m1/s1. The second-order valence-electron chi connectivity index (χ2n) is 17.3. The third-order valence-electron chi connectivity index (χ3n) is 13.0. The van der Waals surface area contributed by atoms with Crippen molar-refractivity contribution < 1.29 is 33.7 Å². The fourth-order valence-electron chi connectivity index (χ4n) is 9.88. The molecular weight excluding hydrogens is 783 g/mol. The summed E-state index contributed by atoms with van der Waals surface area (Å²) < 4.78 is 17.6. The lowest BCUT2D eigenvalue weighted by molar-refractivity contribution is -0.134. The number of nitrogens with one attached hydrogen (secondary N) is 3. The van der Waals surface area contributed by atoms with Crippen LogP contribution in [0.15, 0.2) is 91.0 Å². The molecule has 2 unspecified atom stereocenters. The molecular formula is C50H61N5O7. The van der Waals surface area contributed by atoms with E-state index < -0.39 is 0 Å². The molecule has 4 aromatic rings. The van der Waals surface area contributed by atoms with Crippen LogP contribution in [0.4, 0.5) is 16.2 Å². The van der Waals surface area contributed by atoms with Crippen molar-refractivity contribution in [2.75, 3.05) is 69.7 Å². The zero-order valence-electron chi connectivity index (χ0n) is 35.7. The smallest absolute Gasteiger partial charge is 0.411 e. The maximum absolute atomic E-state index is 13.4. The first-order valence-corrected chi connectivity index (χ1v) is 22.6. The minimum atomic E-state index is -0.380. The van der Waals surface area contributed by atoms with E-state index in [9.17, 15) is 19.5 Å². The Morgan fingerprint density at radius 3 is 2.42 bits per heavy atom. The van der Waals surface area contributed by atoms with E-state index in [0.717, 1.165) is 93.4 Å². The molecule has 12 nitrogen and oxygen atoms in total. The molecule has 3 atom stereocenters. The number of anilines is 2. The van der Waals surface area contributed by atoms with Gasteiger partial charge >= 0.3 is 6.09 Å². The van der Waals surface area contributed by atoms with Crippen LogP contribution in [0.5, 0.6) is 11.5 Å². The second kappa shape index (κ2) is 21.1. The van der Waals surface area contributed by atoms with E-state index in [0.29, 0.717) is 69.0 Å². The van der Waals surface area contributed by atoms with Crippen molar-refractivity contribution in [1.29, 1.82) is 0 Å². The molecule has 328 valence electrons. The number of fused-ring (bicyclic) bond motifs is 2. The van der Waals surface area contributed by atoms with Gasteiger partial charge in [0.05, 0.1) is 25.3 Å². The molecule has 0 radical (unpaired) electrons. The van der Waals surface area contributed by atoms with Gasteiger partial charge in [0.2, 0.25) is 5.91 Å². The Labute approximate surface area is 365 Å². The molecule has 4 aromatic carbocycles. The quantitative estimate of drug-likeness (QED) is 0.0560. The number of carbonyl (C=O) groups excluding carboxylic acids is 3. The van der Waals surface area contributed by atoms with Crippen molar-refractivity contribution in [1.82, 2.24) is 15.1 Å². The predicted molar refractivity (Wildman–Crippen MR) is 240 cm³/mol. The van der Waals surface area contributed by atoms with Gasteiger partial charge in [-0.2, -0.15) is 0 Å². The average molecular weight is 844 g/mol. The highest BCUT2D eigenvalue weighted by Gasteiger charge is 2.42. The van der Waals surface area contributed by atoms with Crippen LogP contribution in [-0.2, 0) is 38.3 Å². The molecule has 0 bridgehead atoms. The highest BCUT2D eigenvalue weighted by Crippen LogP contribution is 2.41. The number of nitrogens with zero attached hydrogens (tertiary/aromatic N) is 2. The number of rotatable bonds is 19. The Hall–Kier alpha value is -5.43. The van der Waals surface area contributed by atoms with E-state index in [1.165, 1.54) is 11.1 Å². The van der Waals surface area contributed by atoms with Gasteiger partial charge in [-0.05, 0) is 97.7 Å². The summed E-state index contributed by atoms with van der Waals surface area (Å²) in [6.07, 6.45) is 8.65. The van der Waals surface area contributed by atoms with Gasteiger partial charge in [0, 0.05) is 44.3 Å². The lowest BCUT2D eigenvalue weighted by Gasteiger charge is -2.29. The zero-order chi connectivity index (χ0) is 42.7. The van der Waals surface area contributed by atoms with Crippen LogP contribution in [0.25, 0.3) is 11.1 Å². The van der Waals surface area contributed by atoms with Gasteiger partial charge in [-0.1, -0.05) is 91.7 Å². The first-order valence-electron chi connectivity index (χ1n) is 22.6. The summed E-state index contributed by atoms with van der Waals surface area (Å²) in [6, 6.07) is 30.4.